The molecular formula is C14H26N4O2. The summed E-state index contributed by atoms with van der Waals surface area (Å²) in [6.07, 6.45) is 2.08. The van der Waals surface area contributed by atoms with Crippen LogP contribution in [0.1, 0.15) is 42.7 Å². The van der Waals surface area contributed by atoms with Gasteiger partial charge in [-0.3, -0.25) is 4.68 Å². The Morgan fingerprint density at radius 2 is 2.10 bits per heavy atom. The molecule has 1 aromatic heterocycles. The molecular weight excluding hydrogens is 256 g/mol. The molecule has 0 aliphatic rings. The summed E-state index contributed by atoms with van der Waals surface area (Å²) in [4.78, 5) is 13.5. The Balaban J connectivity index is 2.45. The number of carboxylic acids is 1. The van der Waals surface area contributed by atoms with E-state index < -0.39 is 5.97 Å². The van der Waals surface area contributed by atoms with Crippen LogP contribution in [0.3, 0.4) is 0 Å². The largest absolute Gasteiger partial charge is 0.477 e. The lowest BCUT2D eigenvalue weighted by atomic mass is 10.2. The summed E-state index contributed by atoms with van der Waals surface area (Å²) in [5, 5.41) is 16.5. The molecule has 0 aliphatic heterocycles. The number of carbonyl (C=O) groups is 1. The molecule has 0 bridgehead atoms. The highest BCUT2D eigenvalue weighted by Crippen LogP contribution is 2.18. The van der Waals surface area contributed by atoms with Crippen LogP contribution in [0, 0.1) is 6.92 Å². The third-order valence-electron chi connectivity index (χ3n) is 3.55. The molecule has 2 N–H and O–H groups in total. The predicted molar refractivity (Wildman–Crippen MR) is 80.4 cm³/mol. The highest BCUT2D eigenvalue weighted by molar-refractivity contribution is 5.94. The van der Waals surface area contributed by atoms with Crippen molar-refractivity contribution in [3.05, 3.63) is 11.3 Å². The van der Waals surface area contributed by atoms with Gasteiger partial charge in [0.2, 0.25) is 0 Å². The molecule has 0 aliphatic carbocycles. The molecule has 114 valence electrons. The third-order valence-corrected chi connectivity index (χ3v) is 3.55. The average Bonchev–Trinajstić information content (AvgIpc) is 2.63. The van der Waals surface area contributed by atoms with Crippen molar-refractivity contribution in [1.82, 2.24) is 14.7 Å². The van der Waals surface area contributed by atoms with E-state index in [4.69, 9.17) is 0 Å². The zero-order valence-corrected chi connectivity index (χ0v) is 13.1. The van der Waals surface area contributed by atoms with Crippen molar-refractivity contribution < 1.29 is 9.90 Å². The van der Waals surface area contributed by atoms with E-state index in [2.05, 4.69) is 36.2 Å². The molecule has 1 rings (SSSR count). The van der Waals surface area contributed by atoms with Crippen LogP contribution in [0.2, 0.25) is 0 Å². The van der Waals surface area contributed by atoms with Gasteiger partial charge < -0.3 is 15.3 Å². The van der Waals surface area contributed by atoms with Crippen molar-refractivity contribution in [3.63, 3.8) is 0 Å². The fraction of sp³-hybridized carbons (Fsp3) is 0.714. The first-order valence-corrected chi connectivity index (χ1v) is 7.05. The lowest BCUT2D eigenvalue weighted by Gasteiger charge is -2.20. The monoisotopic (exact) mass is 282 g/mol. The van der Waals surface area contributed by atoms with Gasteiger partial charge in [-0.1, -0.05) is 0 Å². The zero-order valence-electron chi connectivity index (χ0n) is 13.1. The predicted octanol–water partition coefficient (Wildman–Crippen LogP) is 1.96. The summed E-state index contributed by atoms with van der Waals surface area (Å²) >= 11 is 0. The molecule has 6 nitrogen and oxygen atoms in total. The van der Waals surface area contributed by atoms with E-state index in [9.17, 15) is 9.90 Å². The number of nitrogens with zero attached hydrogens (tertiary/aromatic N) is 3. The molecule has 0 unspecified atom stereocenters. The average molecular weight is 282 g/mol. The van der Waals surface area contributed by atoms with E-state index >= 15 is 0 Å². The Bertz CT molecular complexity index is 454. The van der Waals surface area contributed by atoms with E-state index in [1.165, 1.54) is 0 Å². The van der Waals surface area contributed by atoms with Crippen molar-refractivity contribution in [2.75, 3.05) is 25.5 Å². The van der Waals surface area contributed by atoms with Gasteiger partial charge in [0, 0.05) is 19.6 Å². The first-order valence-electron chi connectivity index (χ1n) is 7.05. The van der Waals surface area contributed by atoms with Crippen LogP contribution in [0.25, 0.3) is 0 Å². The molecule has 1 aromatic rings. The Morgan fingerprint density at radius 1 is 1.45 bits per heavy atom. The Morgan fingerprint density at radius 3 is 2.65 bits per heavy atom. The fourth-order valence-corrected chi connectivity index (χ4v) is 2.07. The second-order valence-electron chi connectivity index (χ2n) is 5.45. The number of rotatable bonds is 8. The molecule has 0 atom stereocenters. The third kappa shape index (κ3) is 4.23. The topological polar surface area (TPSA) is 70.4 Å². The summed E-state index contributed by atoms with van der Waals surface area (Å²) in [6.45, 7) is 7.87. The second kappa shape index (κ2) is 7.28. The smallest absolute Gasteiger partial charge is 0.341 e. The molecule has 6 heteroatoms. The summed E-state index contributed by atoms with van der Waals surface area (Å²) in [5.74, 6) is -0.343. The van der Waals surface area contributed by atoms with E-state index in [0.717, 1.165) is 25.9 Å². The number of aromatic nitrogens is 2. The van der Waals surface area contributed by atoms with Gasteiger partial charge in [-0.25, -0.2) is 4.79 Å². The van der Waals surface area contributed by atoms with E-state index in [1.807, 2.05) is 0 Å². The minimum Gasteiger partial charge on any atom is -0.477 e. The molecule has 0 radical (unpaired) electrons. The van der Waals surface area contributed by atoms with Gasteiger partial charge in [-0.2, -0.15) is 5.10 Å². The van der Waals surface area contributed by atoms with Crippen LogP contribution in [0.5, 0.6) is 0 Å². The molecule has 0 fully saturated rings. The molecule has 0 saturated heterocycles. The van der Waals surface area contributed by atoms with Crippen LogP contribution in [-0.2, 0) is 7.05 Å². The van der Waals surface area contributed by atoms with Gasteiger partial charge in [0.15, 0.2) is 0 Å². The highest BCUT2D eigenvalue weighted by atomic mass is 16.4. The molecule has 0 spiro atoms. The quantitative estimate of drug-likeness (QED) is 0.713. The van der Waals surface area contributed by atoms with Gasteiger partial charge in [0.1, 0.15) is 11.4 Å². The van der Waals surface area contributed by atoms with Crippen LogP contribution in [0.4, 0.5) is 5.82 Å². The summed E-state index contributed by atoms with van der Waals surface area (Å²) in [6, 6.07) is 0.557. The number of unbranched alkanes of at least 4 members (excludes halogenated alkanes) is 1. The number of aromatic carboxylic acids is 1. The summed E-state index contributed by atoms with van der Waals surface area (Å²) in [7, 11) is 3.87. The van der Waals surface area contributed by atoms with Gasteiger partial charge in [0.05, 0.1) is 5.69 Å². The lowest BCUT2D eigenvalue weighted by Crippen LogP contribution is -2.27. The van der Waals surface area contributed by atoms with E-state index in [0.29, 0.717) is 17.6 Å². The number of hydrogen-bond donors (Lipinski definition) is 2. The second-order valence-corrected chi connectivity index (χ2v) is 5.45. The molecule has 1 heterocycles. The summed E-state index contributed by atoms with van der Waals surface area (Å²) < 4.78 is 1.60. The number of carboxylic acid groups (broad SMARTS) is 1. The standard InChI is InChI=1S/C14H26N4O2/c1-10(2)17(4)9-7-6-8-15-13-12(14(19)20)11(3)16-18(13)5/h10,15H,6-9H2,1-5H3,(H,19,20). The summed E-state index contributed by atoms with van der Waals surface area (Å²) in [5.41, 5.74) is 0.814. The maximum atomic E-state index is 11.2. The first-order chi connectivity index (χ1) is 9.34. The van der Waals surface area contributed by atoms with Gasteiger partial charge in [-0.05, 0) is 47.2 Å². The molecule has 0 aromatic carbocycles. The van der Waals surface area contributed by atoms with Crippen molar-refractivity contribution in [1.29, 1.82) is 0 Å². The zero-order chi connectivity index (χ0) is 15.3. The van der Waals surface area contributed by atoms with Crippen LogP contribution in [0.15, 0.2) is 0 Å². The van der Waals surface area contributed by atoms with Gasteiger partial charge in [-0.15, -0.1) is 0 Å². The SMILES string of the molecule is Cc1nn(C)c(NCCCCN(C)C(C)C)c1C(=O)O. The van der Waals surface area contributed by atoms with Crippen LogP contribution in [-0.4, -0.2) is 51.9 Å². The van der Waals surface area contributed by atoms with Crippen LogP contribution < -0.4 is 5.32 Å². The van der Waals surface area contributed by atoms with Crippen molar-refractivity contribution in [2.45, 2.75) is 39.7 Å². The number of nitrogens with one attached hydrogen (secondary N) is 1. The van der Waals surface area contributed by atoms with Crippen molar-refractivity contribution >= 4 is 11.8 Å². The first kappa shape index (κ1) is 16.5. The number of anilines is 1. The molecule has 20 heavy (non-hydrogen) atoms. The Kier molecular flexibility index (Phi) is 6.01. The van der Waals surface area contributed by atoms with Crippen molar-refractivity contribution in [2.24, 2.45) is 7.05 Å². The lowest BCUT2D eigenvalue weighted by molar-refractivity contribution is 0.0697. The van der Waals surface area contributed by atoms with E-state index in [1.54, 1.807) is 18.7 Å². The van der Waals surface area contributed by atoms with Gasteiger partial charge in [0.25, 0.3) is 0 Å². The molecule has 0 saturated carbocycles. The normalized spacial score (nSPS) is 11.3. The van der Waals surface area contributed by atoms with Crippen LogP contribution >= 0.6 is 0 Å². The maximum Gasteiger partial charge on any atom is 0.341 e. The van der Waals surface area contributed by atoms with Gasteiger partial charge >= 0.3 is 5.97 Å². The molecule has 0 amide bonds. The minimum absolute atomic E-state index is 0.270. The minimum atomic E-state index is -0.933. The van der Waals surface area contributed by atoms with Crippen molar-refractivity contribution in [3.8, 4) is 0 Å². The Hall–Kier alpha value is -1.56. The Labute approximate surface area is 120 Å². The number of hydrogen-bond acceptors (Lipinski definition) is 4. The number of aryl methyl sites for hydroxylation is 2. The maximum absolute atomic E-state index is 11.2. The van der Waals surface area contributed by atoms with E-state index in [-0.39, 0.29) is 5.56 Å². The fourth-order valence-electron chi connectivity index (χ4n) is 2.07. The highest BCUT2D eigenvalue weighted by Gasteiger charge is 2.18.